The highest BCUT2D eigenvalue weighted by Gasteiger charge is 2.44. The summed E-state index contributed by atoms with van der Waals surface area (Å²) in [7, 11) is 0. The molecule has 0 aliphatic carbocycles. The highest BCUT2D eigenvalue weighted by Crippen LogP contribution is 2.35. The highest BCUT2D eigenvalue weighted by atomic mass is 32.1. The minimum Gasteiger partial charge on any atom is -0.296 e. The van der Waals surface area contributed by atoms with Crippen LogP contribution in [0.3, 0.4) is 0 Å². The molecular weight excluding hydrogens is 198 g/mol. The summed E-state index contributed by atoms with van der Waals surface area (Å²) in [4.78, 5) is 24.8. The van der Waals surface area contributed by atoms with Crippen molar-refractivity contribution in [3.05, 3.63) is 21.9 Å². The zero-order valence-corrected chi connectivity index (χ0v) is 8.90. The van der Waals surface area contributed by atoms with Gasteiger partial charge in [-0.15, -0.1) is 11.3 Å². The summed E-state index contributed by atoms with van der Waals surface area (Å²) in [5, 5.41) is 2.34. The molecular formula is C10H11NO2S. The van der Waals surface area contributed by atoms with E-state index in [-0.39, 0.29) is 18.2 Å². The van der Waals surface area contributed by atoms with Crippen molar-refractivity contribution >= 4 is 23.2 Å². The minimum absolute atomic E-state index is 0.177. The lowest BCUT2D eigenvalue weighted by Crippen LogP contribution is -2.31. The predicted molar refractivity (Wildman–Crippen MR) is 54.2 cm³/mol. The SMILES string of the molecule is Cc1ccc(C2(C)CC(=O)NC2=O)s1. The molecule has 1 N–H and O–H groups in total. The molecule has 1 aromatic heterocycles. The second-order valence-electron chi connectivity index (χ2n) is 3.80. The van der Waals surface area contributed by atoms with Crippen LogP contribution < -0.4 is 5.32 Å². The van der Waals surface area contributed by atoms with Gasteiger partial charge < -0.3 is 0 Å². The van der Waals surface area contributed by atoms with Gasteiger partial charge in [0.2, 0.25) is 11.8 Å². The average Bonchev–Trinajstić information content (AvgIpc) is 2.59. The molecule has 2 amide bonds. The zero-order chi connectivity index (χ0) is 10.3. The van der Waals surface area contributed by atoms with E-state index in [9.17, 15) is 9.59 Å². The maximum absolute atomic E-state index is 11.6. The lowest BCUT2D eigenvalue weighted by atomic mass is 9.87. The quantitative estimate of drug-likeness (QED) is 0.710. The Morgan fingerprint density at radius 2 is 2.14 bits per heavy atom. The summed E-state index contributed by atoms with van der Waals surface area (Å²) < 4.78 is 0. The number of carbonyl (C=O) groups excluding carboxylic acids is 2. The number of rotatable bonds is 1. The Kier molecular flexibility index (Phi) is 1.96. The molecule has 3 nitrogen and oxygen atoms in total. The molecule has 0 saturated carbocycles. The third kappa shape index (κ3) is 1.26. The van der Waals surface area contributed by atoms with Crippen LogP contribution in [-0.2, 0) is 15.0 Å². The first-order chi connectivity index (χ1) is 6.52. The van der Waals surface area contributed by atoms with E-state index in [4.69, 9.17) is 0 Å². The van der Waals surface area contributed by atoms with Crippen LogP contribution in [0.25, 0.3) is 0 Å². The molecule has 4 heteroatoms. The monoisotopic (exact) mass is 209 g/mol. The molecule has 1 aliphatic rings. The van der Waals surface area contributed by atoms with E-state index in [0.717, 1.165) is 9.75 Å². The van der Waals surface area contributed by atoms with Crippen LogP contribution in [0.4, 0.5) is 0 Å². The topological polar surface area (TPSA) is 46.2 Å². The number of imide groups is 1. The van der Waals surface area contributed by atoms with E-state index in [2.05, 4.69) is 5.32 Å². The summed E-state index contributed by atoms with van der Waals surface area (Å²) >= 11 is 1.58. The largest absolute Gasteiger partial charge is 0.296 e. The molecule has 74 valence electrons. The number of carbonyl (C=O) groups is 2. The number of thiophene rings is 1. The summed E-state index contributed by atoms with van der Waals surface area (Å²) in [6.45, 7) is 3.81. The Labute approximate surface area is 86.1 Å². The summed E-state index contributed by atoms with van der Waals surface area (Å²) in [6.07, 6.45) is 0.270. The summed E-state index contributed by atoms with van der Waals surface area (Å²) in [5.41, 5.74) is -0.643. The fraction of sp³-hybridized carbons (Fsp3) is 0.400. The van der Waals surface area contributed by atoms with Gasteiger partial charge in [0.1, 0.15) is 0 Å². The van der Waals surface area contributed by atoms with E-state index in [1.54, 1.807) is 11.3 Å². The predicted octanol–water partition coefficient (Wildman–Crippen LogP) is 1.36. The Morgan fingerprint density at radius 1 is 1.43 bits per heavy atom. The Morgan fingerprint density at radius 3 is 2.57 bits per heavy atom. The van der Waals surface area contributed by atoms with Gasteiger partial charge in [0.05, 0.1) is 5.41 Å². The van der Waals surface area contributed by atoms with Crippen molar-refractivity contribution in [1.82, 2.24) is 5.32 Å². The smallest absolute Gasteiger partial charge is 0.238 e. The molecule has 1 saturated heterocycles. The lowest BCUT2D eigenvalue weighted by Gasteiger charge is -2.16. The van der Waals surface area contributed by atoms with Crippen LogP contribution in [0.1, 0.15) is 23.1 Å². The van der Waals surface area contributed by atoms with E-state index in [1.807, 2.05) is 26.0 Å². The van der Waals surface area contributed by atoms with Gasteiger partial charge in [0.25, 0.3) is 0 Å². The van der Waals surface area contributed by atoms with Crippen molar-refractivity contribution < 1.29 is 9.59 Å². The van der Waals surface area contributed by atoms with E-state index in [1.165, 1.54) is 0 Å². The first-order valence-corrected chi connectivity index (χ1v) is 5.25. The van der Waals surface area contributed by atoms with Gasteiger partial charge in [-0.1, -0.05) is 0 Å². The number of amides is 2. The summed E-state index contributed by atoms with van der Waals surface area (Å²) in [5.74, 6) is -0.354. The standard InChI is InChI=1S/C10H11NO2S/c1-6-3-4-7(14-6)10(2)5-8(12)11-9(10)13/h3-4H,5H2,1-2H3,(H,11,12,13). The van der Waals surface area contributed by atoms with Crippen molar-refractivity contribution in [3.63, 3.8) is 0 Å². The van der Waals surface area contributed by atoms with Crippen molar-refractivity contribution in [1.29, 1.82) is 0 Å². The Balaban J connectivity index is 2.42. The molecule has 2 heterocycles. The molecule has 2 rings (SSSR count). The van der Waals surface area contributed by atoms with Gasteiger partial charge >= 0.3 is 0 Å². The lowest BCUT2D eigenvalue weighted by molar-refractivity contribution is -0.126. The molecule has 0 spiro atoms. The number of hydrogen-bond acceptors (Lipinski definition) is 3. The van der Waals surface area contributed by atoms with Crippen LogP contribution in [0.5, 0.6) is 0 Å². The van der Waals surface area contributed by atoms with Crippen molar-refractivity contribution in [2.75, 3.05) is 0 Å². The number of aryl methyl sites for hydroxylation is 1. The van der Waals surface area contributed by atoms with Crippen molar-refractivity contribution in [2.24, 2.45) is 0 Å². The Bertz CT molecular complexity index is 410. The van der Waals surface area contributed by atoms with Crippen LogP contribution in [-0.4, -0.2) is 11.8 Å². The van der Waals surface area contributed by atoms with E-state index < -0.39 is 5.41 Å². The maximum Gasteiger partial charge on any atom is 0.238 e. The third-order valence-electron chi connectivity index (χ3n) is 2.55. The second-order valence-corrected chi connectivity index (χ2v) is 5.08. The molecule has 1 aliphatic heterocycles. The number of hydrogen-bond donors (Lipinski definition) is 1. The molecule has 0 bridgehead atoms. The second kappa shape index (κ2) is 2.92. The molecule has 1 aromatic rings. The van der Waals surface area contributed by atoms with Crippen LogP contribution in [0.2, 0.25) is 0 Å². The van der Waals surface area contributed by atoms with Gasteiger partial charge in [0.15, 0.2) is 0 Å². The molecule has 1 atom stereocenters. The zero-order valence-electron chi connectivity index (χ0n) is 8.09. The molecule has 0 aromatic carbocycles. The van der Waals surface area contributed by atoms with Gasteiger partial charge in [-0.3, -0.25) is 14.9 Å². The Hall–Kier alpha value is -1.16. The first-order valence-electron chi connectivity index (χ1n) is 4.43. The van der Waals surface area contributed by atoms with Gasteiger partial charge in [-0.2, -0.15) is 0 Å². The summed E-state index contributed by atoms with van der Waals surface area (Å²) in [6, 6.07) is 3.90. The normalized spacial score (nSPS) is 26.7. The maximum atomic E-state index is 11.6. The van der Waals surface area contributed by atoms with Crippen molar-refractivity contribution in [3.8, 4) is 0 Å². The average molecular weight is 209 g/mol. The molecule has 1 fully saturated rings. The van der Waals surface area contributed by atoms with Gasteiger partial charge in [-0.25, -0.2) is 0 Å². The molecule has 0 radical (unpaired) electrons. The highest BCUT2D eigenvalue weighted by molar-refractivity contribution is 7.12. The number of nitrogens with one attached hydrogen (secondary N) is 1. The first kappa shape index (κ1) is 9.40. The van der Waals surface area contributed by atoms with E-state index >= 15 is 0 Å². The molecule has 14 heavy (non-hydrogen) atoms. The van der Waals surface area contributed by atoms with Crippen molar-refractivity contribution in [2.45, 2.75) is 25.7 Å². The van der Waals surface area contributed by atoms with Crippen LogP contribution in [0.15, 0.2) is 12.1 Å². The van der Waals surface area contributed by atoms with Crippen LogP contribution >= 0.6 is 11.3 Å². The fourth-order valence-corrected chi connectivity index (χ4v) is 2.65. The van der Waals surface area contributed by atoms with Gasteiger partial charge in [-0.05, 0) is 26.0 Å². The van der Waals surface area contributed by atoms with Crippen LogP contribution in [0, 0.1) is 6.92 Å². The third-order valence-corrected chi connectivity index (χ3v) is 3.82. The van der Waals surface area contributed by atoms with Gasteiger partial charge in [0, 0.05) is 16.2 Å². The fourth-order valence-electron chi connectivity index (χ4n) is 1.64. The molecule has 1 unspecified atom stereocenters. The van der Waals surface area contributed by atoms with E-state index in [0.29, 0.717) is 0 Å². The minimum atomic E-state index is -0.643.